The van der Waals surface area contributed by atoms with E-state index in [0.717, 1.165) is 55.8 Å². The molecule has 0 bridgehead atoms. The van der Waals surface area contributed by atoms with E-state index in [-0.39, 0.29) is 10.9 Å². The molecule has 2 heterocycles. The summed E-state index contributed by atoms with van der Waals surface area (Å²) in [5, 5.41) is 2.83. The van der Waals surface area contributed by atoms with Gasteiger partial charge in [0.15, 0.2) is 5.01 Å². The van der Waals surface area contributed by atoms with E-state index in [9.17, 15) is 18.0 Å². The minimum Gasteiger partial charge on any atom is -0.283 e. The van der Waals surface area contributed by atoms with Gasteiger partial charge in [0.25, 0.3) is 5.91 Å². The maximum atomic E-state index is 13.0. The lowest BCUT2D eigenvalue weighted by Gasteiger charge is -2.26. The summed E-state index contributed by atoms with van der Waals surface area (Å²) in [7, 11) is 0. The number of carbonyl (C=O) groups is 1. The fraction of sp³-hybridized carbons (Fsp3) is 0.273. The first kappa shape index (κ1) is 23.0. The lowest BCUT2D eigenvalue weighted by Crippen LogP contribution is -2.45. The quantitative estimate of drug-likeness (QED) is 0.423. The van der Waals surface area contributed by atoms with E-state index >= 15 is 0 Å². The highest BCUT2D eigenvalue weighted by molar-refractivity contribution is 7.17. The molecule has 0 aliphatic carbocycles. The van der Waals surface area contributed by atoms with Gasteiger partial charge in [-0.2, -0.15) is 13.2 Å². The van der Waals surface area contributed by atoms with Gasteiger partial charge in [0.1, 0.15) is 0 Å². The van der Waals surface area contributed by atoms with Crippen molar-refractivity contribution in [2.24, 2.45) is 0 Å². The first-order valence-corrected chi connectivity index (χ1v) is 11.5. The van der Waals surface area contributed by atoms with E-state index in [1.807, 2.05) is 5.01 Å². The van der Waals surface area contributed by atoms with Crippen LogP contribution in [0.4, 0.5) is 13.2 Å². The van der Waals surface area contributed by atoms with Crippen LogP contribution < -0.4 is 5.43 Å². The molecule has 4 rings (SSSR count). The monoisotopic (exact) mass is 499 g/mol. The molecule has 4 nitrogen and oxygen atoms in total. The summed E-state index contributed by atoms with van der Waals surface area (Å²) in [5.74, 6) is -0.360. The van der Waals surface area contributed by atoms with Gasteiger partial charge in [-0.3, -0.25) is 10.2 Å². The van der Waals surface area contributed by atoms with Gasteiger partial charge in [0, 0.05) is 23.7 Å². The zero-order valence-corrected chi connectivity index (χ0v) is 19.0. The van der Waals surface area contributed by atoms with E-state index in [1.54, 1.807) is 18.2 Å². The van der Waals surface area contributed by atoms with Gasteiger partial charge >= 0.3 is 6.18 Å². The predicted octanol–water partition coefficient (Wildman–Crippen LogP) is 6.93. The van der Waals surface area contributed by atoms with Gasteiger partial charge in [-0.05, 0) is 48.7 Å². The van der Waals surface area contributed by atoms with Crippen LogP contribution in [0.5, 0.6) is 0 Å². The Hall–Kier alpha value is -2.13. The average molecular weight is 500 g/mol. The predicted molar refractivity (Wildman–Crippen MR) is 121 cm³/mol. The van der Waals surface area contributed by atoms with Crippen molar-refractivity contribution in [3.8, 4) is 21.7 Å². The van der Waals surface area contributed by atoms with Gasteiger partial charge in [0.2, 0.25) is 0 Å². The Kier molecular flexibility index (Phi) is 6.76. The second-order valence-corrected chi connectivity index (χ2v) is 9.23. The molecule has 0 unspecified atom stereocenters. The summed E-state index contributed by atoms with van der Waals surface area (Å²) >= 11 is 13.5. The molecule has 2 aromatic carbocycles. The summed E-state index contributed by atoms with van der Waals surface area (Å²) in [4.78, 5) is 17.9. The van der Waals surface area contributed by atoms with Crippen molar-refractivity contribution in [1.82, 2.24) is 15.4 Å². The van der Waals surface area contributed by atoms with Gasteiger partial charge in [-0.1, -0.05) is 41.8 Å². The van der Waals surface area contributed by atoms with E-state index < -0.39 is 11.7 Å². The number of amides is 1. The number of alkyl halides is 3. The molecule has 1 aromatic heterocycles. The van der Waals surface area contributed by atoms with Gasteiger partial charge in [-0.15, -0.1) is 11.3 Å². The second-order valence-electron chi connectivity index (χ2n) is 7.38. The number of halogens is 5. The van der Waals surface area contributed by atoms with Crippen molar-refractivity contribution < 1.29 is 18.0 Å². The molecular weight excluding hydrogens is 482 g/mol. The Balaban J connectivity index is 1.74. The summed E-state index contributed by atoms with van der Waals surface area (Å²) in [5.41, 5.74) is 3.59. The second kappa shape index (κ2) is 9.39. The number of thiazole rings is 1. The van der Waals surface area contributed by atoms with Gasteiger partial charge in [0.05, 0.1) is 21.2 Å². The molecule has 32 heavy (non-hydrogen) atoms. The zero-order valence-electron chi connectivity index (χ0n) is 16.7. The molecule has 0 atom stereocenters. The lowest BCUT2D eigenvalue weighted by atomic mass is 10.1. The topological polar surface area (TPSA) is 45.2 Å². The van der Waals surface area contributed by atoms with Crippen LogP contribution in [0.25, 0.3) is 21.7 Å². The molecular formula is C22H18Cl2F3N3OS. The number of rotatable bonds is 4. The van der Waals surface area contributed by atoms with Crippen LogP contribution in [0.3, 0.4) is 0 Å². The molecule has 1 aliphatic heterocycles. The largest absolute Gasteiger partial charge is 0.416 e. The first-order valence-electron chi connectivity index (χ1n) is 9.92. The van der Waals surface area contributed by atoms with Crippen molar-refractivity contribution in [2.75, 3.05) is 13.1 Å². The van der Waals surface area contributed by atoms with Crippen LogP contribution in [0.2, 0.25) is 10.0 Å². The normalized spacial score (nSPS) is 15.0. The molecule has 1 saturated heterocycles. The summed E-state index contributed by atoms with van der Waals surface area (Å²) in [6.45, 7) is 1.53. The maximum absolute atomic E-state index is 13.0. The van der Waals surface area contributed by atoms with Crippen LogP contribution in [-0.2, 0) is 6.18 Å². The van der Waals surface area contributed by atoms with E-state index in [1.165, 1.54) is 12.1 Å². The molecule has 1 aliphatic rings. The number of nitrogens with one attached hydrogen (secondary N) is 1. The summed E-state index contributed by atoms with van der Waals surface area (Å²) < 4.78 is 39.0. The number of piperidine rings is 1. The number of hydrazine groups is 1. The standard InChI is InChI=1S/C22H18Cl2F3N3OS/c23-15-8-9-16(17(24)12-15)18-19(13-4-6-14(7-5-13)22(25,26)27)32-21(28-18)20(31)29-30-10-2-1-3-11-30/h4-9,12H,1-3,10-11H2,(H,29,31). The number of benzene rings is 2. The van der Waals surface area contributed by atoms with Crippen LogP contribution in [0, 0.1) is 0 Å². The Morgan fingerprint density at radius 2 is 1.72 bits per heavy atom. The maximum Gasteiger partial charge on any atom is 0.416 e. The highest BCUT2D eigenvalue weighted by atomic mass is 35.5. The number of hydrogen-bond acceptors (Lipinski definition) is 4. The third kappa shape index (κ3) is 5.09. The highest BCUT2D eigenvalue weighted by Gasteiger charge is 2.30. The van der Waals surface area contributed by atoms with Gasteiger partial charge in [-0.25, -0.2) is 9.99 Å². The highest BCUT2D eigenvalue weighted by Crippen LogP contribution is 2.41. The molecule has 1 fully saturated rings. The molecule has 0 radical (unpaired) electrons. The average Bonchev–Trinajstić information content (AvgIpc) is 3.19. The fourth-order valence-electron chi connectivity index (χ4n) is 3.48. The Labute approximate surface area is 196 Å². The van der Waals surface area contributed by atoms with Crippen LogP contribution >= 0.6 is 34.5 Å². The number of hydrogen-bond donors (Lipinski definition) is 1. The van der Waals surface area contributed by atoms with E-state index in [2.05, 4.69) is 10.4 Å². The fourth-order valence-corrected chi connectivity index (χ4v) is 4.96. The number of nitrogens with zero attached hydrogens (tertiary/aromatic N) is 2. The molecule has 168 valence electrons. The molecule has 1 amide bonds. The Morgan fingerprint density at radius 3 is 2.34 bits per heavy atom. The smallest absolute Gasteiger partial charge is 0.283 e. The summed E-state index contributed by atoms with van der Waals surface area (Å²) in [6.07, 6.45) is -1.31. The SMILES string of the molecule is O=C(NN1CCCCC1)c1nc(-c2ccc(Cl)cc2Cl)c(-c2ccc(C(F)(F)F)cc2)s1. The van der Waals surface area contributed by atoms with Gasteiger partial charge < -0.3 is 0 Å². The van der Waals surface area contributed by atoms with Crippen molar-refractivity contribution >= 4 is 40.4 Å². The molecule has 0 spiro atoms. The van der Waals surface area contributed by atoms with E-state index in [0.29, 0.717) is 31.7 Å². The van der Waals surface area contributed by atoms with Crippen molar-refractivity contribution in [3.05, 3.63) is 63.1 Å². The third-order valence-corrected chi connectivity index (χ3v) is 6.75. The van der Waals surface area contributed by atoms with Crippen molar-refractivity contribution in [2.45, 2.75) is 25.4 Å². The third-order valence-electron chi connectivity index (χ3n) is 5.10. The van der Waals surface area contributed by atoms with Crippen molar-refractivity contribution in [3.63, 3.8) is 0 Å². The molecule has 3 aromatic rings. The lowest BCUT2D eigenvalue weighted by molar-refractivity contribution is -0.137. The first-order chi connectivity index (χ1) is 15.2. The van der Waals surface area contributed by atoms with Crippen molar-refractivity contribution in [1.29, 1.82) is 0 Å². The Morgan fingerprint density at radius 1 is 1.03 bits per heavy atom. The number of carbonyl (C=O) groups excluding carboxylic acids is 1. The van der Waals surface area contributed by atoms with Crippen LogP contribution in [0.15, 0.2) is 42.5 Å². The number of aromatic nitrogens is 1. The summed E-state index contributed by atoms with van der Waals surface area (Å²) in [6, 6.07) is 9.64. The Bertz CT molecular complexity index is 1130. The van der Waals surface area contributed by atoms with Crippen LogP contribution in [-0.4, -0.2) is 29.0 Å². The zero-order chi connectivity index (χ0) is 22.9. The molecule has 1 N–H and O–H groups in total. The molecule has 0 saturated carbocycles. The molecule has 10 heteroatoms. The van der Waals surface area contributed by atoms with Crippen LogP contribution in [0.1, 0.15) is 34.6 Å². The minimum atomic E-state index is -4.44. The minimum absolute atomic E-state index is 0.200. The van der Waals surface area contributed by atoms with E-state index in [4.69, 9.17) is 23.2 Å².